The van der Waals surface area contributed by atoms with Crippen molar-refractivity contribution in [2.75, 3.05) is 26.2 Å². The zero-order valence-electron chi connectivity index (χ0n) is 20.5. The molecule has 1 aliphatic heterocycles. The summed E-state index contributed by atoms with van der Waals surface area (Å²) in [5, 5.41) is 15.1. The van der Waals surface area contributed by atoms with Crippen LogP contribution in [0.15, 0.2) is 49.2 Å². The maximum atomic E-state index is 13.0. The van der Waals surface area contributed by atoms with E-state index >= 15 is 0 Å². The minimum Gasteiger partial charge on any atom is -0.346 e. The topological polar surface area (TPSA) is 120 Å². The van der Waals surface area contributed by atoms with Crippen LogP contribution >= 0.6 is 0 Å². The van der Waals surface area contributed by atoms with Gasteiger partial charge in [0.05, 0.1) is 29.9 Å². The molecule has 1 aliphatic carbocycles. The number of nitriles is 1. The summed E-state index contributed by atoms with van der Waals surface area (Å²) in [6.07, 6.45) is 6.26. The van der Waals surface area contributed by atoms with E-state index in [1.807, 2.05) is 23.1 Å². The highest BCUT2D eigenvalue weighted by Gasteiger charge is 2.49. The predicted octanol–water partition coefficient (Wildman–Crippen LogP) is 3.38. The number of carbonyl (C=O) groups excluding carboxylic acids is 1. The smallest absolute Gasteiger partial charge is 0.280 e. The van der Waals surface area contributed by atoms with Gasteiger partial charge in [0.1, 0.15) is 23.4 Å². The van der Waals surface area contributed by atoms with Crippen molar-refractivity contribution in [2.24, 2.45) is 0 Å². The lowest BCUT2D eigenvalue weighted by atomic mass is 9.70. The molecule has 0 unspecified atom stereocenters. The van der Waals surface area contributed by atoms with Crippen LogP contribution in [-0.4, -0.2) is 77.6 Å². The fourth-order valence-corrected chi connectivity index (χ4v) is 5.59. The number of aromatic amines is 1. The molecule has 38 heavy (non-hydrogen) atoms. The number of halogens is 2. The summed E-state index contributed by atoms with van der Waals surface area (Å²) in [6, 6.07) is 8.67. The standard InChI is InChI=1S/C26H25F2N9O/c27-23(28)20-2-1-3-21(34-20)25(38)36-10-8-35(9-11-36)18-12-26(13-18,5-6-29)37-15-17(14-33-37)22-19-4-7-30-24(19)32-16-31-22/h1-4,7,14-16,18,23H,5,8-13H2,(H,30,31,32)/t18-,26+. The molecule has 1 saturated heterocycles. The third-order valence-corrected chi connectivity index (χ3v) is 7.67. The van der Waals surface area contributed by atoms with E-state index in [0.29, 0.717) is 32.6 Å². The van der Waals surface area contributed by atoms with E-state index in [4.69, 9.17) is 0 Å². The molecule has 1 saturated carbocycles. The Morgan fingerprint density at radius 1 is 1.18 bits per heavy atom. The van der Waals surface area contributed by atoms with Crippen LogP contribution < -0.4 is 0 Å². The van der Waals surface area contributed by atoms with Gasteiger partial charge in [-0.1, -0.05) is 6.07 Å². The quantitative estimate of drug-likeness (QED) is 0.416. The van der Waals surface area contributed by atoms with Crippen LogP contribution in [0.25, 0.3) is 22.3 Å². The van der Waals surface area contributed by atoms with Crippen molar-refractivity contribution in [2.45, 2.75) is 37.3 Å². The summed E-state index contributed by atoms with van der Waals surface area (Å²) in [5.41, 5.74) is 1.68. The van der Waals surface area contributed by atoms with Crippen molar-refractivity contribution < 1.29 is 13.6 Å². The molecule has 0 spiro atoms. The molecule has 0 radical (unpaired) electrons. The molecule has 6 rings (SSSR count). The molecule has 4 aromatic heterocycles. The molecule has 0 atom stereocenters. The molecule has 1 amide bonds. The van der Waals surface area contributed by atoms with Crippen molar-refractivity contribution in [1.29, 1.82) is 5.26 Å². The Hall–Kier alpha value is -4.24. The van der Waals surface area contributed by atoms with Crippen LogP contribution in [0.2, 0.25) is 0 Å². The van der Waals surface area contributed by atoms with Gasteiger partial charge in [-0.05, 0) is 31.0 Å². The number of piperazine rings is 1. The van der Waals surface area contributed by atoms with Gasteiger partial charge in [0.25, 0.3) is 12.3 Å². The van der Waals surface area contributed by atoms with E-state index in [1.165, 1.54) is 24.5 Å². The zero-order chi connectivity index (χ0) is 26.3. The zero-order valence-corrected chi connectivity index (χ0v) is 20.5. The van der Waals surface area contributed by atoms with Crippen LogP contribution in [-0.2, 0) is 5.54 Å². The van der Waals surface area contributed by atoms with Crippen molar-refractivity contribution in [3.8, 4) is 17.3 Å². The van der Waals surface area contributed by atoms with Crippen molar-refractivity contribution in [3.05, 3.63) is 60.6 Å². The number of carbonyl (C=O) groups is 1. The highest BCUT2D eigenvalue weighted by molar-refractivity contribution is 5.92. The summed E-state index contributed by atoms with van der Waals surface area (Å²) < 4.78 is 27.9. The average molecular weight is 518 g/mol. The van der Waals surface area contributed by atoms with E-state index in [0.717, 1.165) is 35.1 Å². The summed E-state index contributed by atoms with van der Waals surface area (Å²) in [5.74, 6) is -0.329. The summed E-state index contributed by atoms with van der Waals surface area (Å²) >= 11 is 0. The Bertz CT molecular complexity index is 1510. The number of rotatable bonds is 6. The molecular formula is C26H25F2N9O. The first kappa shape index (κ1) is 24.1. The third kappa shape index (κ3) is 4.18. The molecular weight excluding hydrogens is 492 g/mol. The normalized spacial score (nSPS) is 21.9. The number of H-pyrrole nitrogens is 1. The van der Waals surface area contributed by atoms with Gasteiger partial charge in [0, 0.05) is 55.6 Å². The fourth-order valence-electron chi connectivity index (χ4n) is 5.59. The minimum atomic E-state index is -2.71. The second-order valence-corrected chi connectivity index (χ2v) is 9.83. The van der Waals surface area contributed by atoms with Crippen LogP contribution in [0, 0.1) is 11.3 Å². The maximum absolute atomic E-state index is 13.0. The summed E-state index contributed by atoms with van der Waals surface area (Å²) in [6.45, 7) is 2.33. The van der Waals surface area contributed by atoms with Crippen LogP contribution in [0.1, 0.15) is 41.9 Å². The first-order chi connectivity index (χ1) is 18.5. The molecule has 0 aromatic carbocycles. The minimum absolute atomic E-state index is 0.0445. The highest BCUT2D eigenvalue weighted by Crippen LogP contribution is 2.45. The largest absolute Gasteiger partial charge is 0.346 e. The molecule has 1 N–H and O–H groups in total. The molecule has 2 aliphatic rings. The third-order valence-electron chi connectivity index (χ3n) is 7.67. The second kappa shape index (κ2) is 9.57. The Kier molecular flexibility index (Phi) is 6.07. The molecule has 4 aromatic rings. The van der Waals surface area contributed by atoms with Crippen LogP contribution in [0.5, 0.6) is 0 Å². The van der Waals surface area contributed by atoms with E-state index in [-0.39, 0.29) is 17.6 Å². The summed E-state index contributed by atoms with van der Waals surface area (Å²) in [4.78, 5) is 32.5. The van der Waals surface area contributed by atoms with Crippen molar-refractivity contribution >= 4 is 16.9 Å². The van der Waals surface area contributed by atoms with E-state index in [1.54, 1.807) is 11.1 Å². The number of amides is 1. The van der Waals surface area contributed by atoms with Gasteiger partial charge in [0.15, 0.2) is 0 Å². The number of nitrogens with one attached hydrogen (secondary N) is 1. The summed E-state index contributed by atoms with van der Waals surface area (Å²) in [7, 11) is 0. The number of alkyl halides is 2. The number of fused-ring (bicyclic) bond motifs is 1. The molecule has 10 nitrogen and oxygen atoms in total. The van der Waals surface area contributed by atoms with Gasteiger partial charge in [-0.2, -0.15) is 10.4 Å². The maximum Gasteiger partial charge on any atom is 0.280 e. The van der Waals surface area contributed by atoms with Gasteiger partial charge in [0.2, 0.25) is 0 Å². The van der Waals surface area contributed by atoms with Crippen LogP contribution in [0.3, 0.4) is 0 Å². The molecule has 5 heterocycles. The molecule has 0 bridgehead atoms. The first-order valence-corrected chi connectivity index (χ1v) is 12.5. The van der Waals surface area contributed by atoms with Crippen molar-refractivity contribution in [3.63, 3.8) is 0 Å². The second-order valence-electron chi connectivity index (χ2n) is 9.83. The lowest BCUT2D eigenvalue weighted by Gasteiger charge is -2.52. The molecule has 12 heteroatoms. The number of aromatic nitrogens is 6. The van der Waals surface area contributed by atoms with Gasteiger partial charge < -0.3 is 9.88 Å². The fraction of sp³-hybridized carbons (Fsp3) is 0.385. The Morgan fingerprint density at radius 3 is 2.76 bits per heavy atom. The molecule has 2 fully saturated rings. The van der Waals surface area contributed by atoms with E-state index < -0.39 is 17.7 Å². The molecule has 194 valence electrons. The first-order valence-electron chi connectivity index (χ1n) is 12.5. The lowest BCUT2D eigenvalue weighted by Crippen LogP contribution is -2.60. The Balaban J connectivity index is 1.11. The van der Waals surface area contributed by atoms with Gasteiger partial charge >= 0.3 is 0 Å². The Morgan fingerprint density at radius 2 is 2.00 bits per heavy atom. The van der Waals surface area contributed by atoms with E-state index in [9.17, 15) is 18.8 Å². The van der Waals surface area contributed by atoms with Gasteiger partial charge in [-0.25, -0.2) is 23.7 Å². The Labute approximate surface area is 216 Å². The SMILES string of the molecule is N#CC[C@]1(n2cc(-c3ncnc4[nH]ccc34)cn2)C[C@@H](N2CCN(C(=O)c3cccc(C(F)F)n3)CC2)C1. The van der Waals surface area contributed by atoms with Gasteiger partial charge in [-0.3, -0.25) is 14.4 Å². The van der Waals surface area contributed by atoms with E-state index in [2.05, 4.69) is 36.0 Å². The number of hydrogen-bond acceptors (Lipinski definition) is 7. The van der Waals surface area contributed by atoms with Crippen molar-refractivity contribution in [1.82, 2.24) is 39.5 Å². The number of nitrogens with zero attached hydrogens (tertiary/aromatic N) is 8. The number of pyridine rings is 1. The average Bonchev–Trinajstić information content (AvgIpc) is 3.61. The predicted molar refractivity (Wildman–Crippen MR) is 133 cm³/mol. The van der Waals surface area contributed by atoms with Crippen LogP contribution in [0.4, 0.5) is 8.78 Å². The monoisotopic (exact) mass is 517 g/mol. The van der Waals surface area contributed by atoms with Gasteiger partial charge in [-0.15, -0.1) is 0 Å². The number of hydrogen-bond donors (Lipinski definition) is 1. The highest BCUT2D eigenvalue weighted by atomic mass is 19.3. The lowest BCUT2D eigenvalue weighted by molar-refractivity contribution is -0.0159.